The molecular weight excluding hydrogens is 234 g/mol. The summed E-state index contributed by atoms with van der Waals surface area (Å²) in [7, 11) is 0. The smallest absolute Gasteiger partial charge is 0.0596 e. The van der Waals surface area contributed by atoms with E-state index in [2.05, 4.69) is 48.9 Å². The van der Waals surface area contributed by atoms with Gasteiger partial charge in [0.25, 0.3) is 0 Å². The predicted octanol–water partition coefficient (Wildman–Crippen LogP) is 3.31. The molecule has 1 heterocycles. The number of hydrogen-bond donors (Lipinski definition) is 1. The van der Waals surface area contributed by atoms with Crippen molar-refractivity contribution in [2.75, 3.05) is 6.54 Å². The molecule has 0 saturated heterocycles. The van der Waals surface area contributed by atoms with Gasteiger partial charge in [-0.3, -0.25) is 4.68 Å². The van der Waals surface area contributed by atoms with Crippen molar-refractivity contribution in [2.24, 2.45) is 5.41 Å². The molecule has 0 radical (unpaired) electrons. The molecule has 0 bridgehead atoms. The molecule has 2 rings (SSSR count). The third kappa shape index (κ3) is 3.59. The fourth-order valence-electron chi connectivity index (χ4n) is 3.46. The Morgan fingerprint density at radius 2 is 2.26 bits per heavy atom. The van der Waals surface area contributed by atoms with Gasteiger partial charge in [-0.05, 0) is 64.0 Å². The van der Waals surface area contributed by atoms with Crippen molar-refractivity contribution < 1.29 is 0 Å². The SMILES string of the molecule is CCCNC1CCC(C)(Cc2cc(C)nn2CC)C1. The van der Waals surface area contributed by atoms with E-state index >= 15 is 0 Å². The van der Waals surface area contributed by atoms with Crippen LogP contribution >= 0.6 is 0 Å². The van der Waals surface area contributed by atoms with Crippen molar-refractivity contribution in [3.63, 3.8) is 0 Å². The van der Waals surface area contributed by atoms with Gasteiger partial charge in [0.15, 0.2) is 0 Å². The fraction of sp³-hybridized carbons (Fsp3) is 0.812. The normalized spacial score (nSPS) is 27.1. The van der Waals surface area contributed by atoms with Gasteiger partial charge in [-0.25, -0.2) is 0 Å². The molecule has 19 heavy (non-hydrogen) atoms. The lowest BCUT2D eigenvalue weighted by molar-refractivity contribution is 0.312. The van der Waals surface area contributed by atoms with Crippen LogP contribution in [0.1, 0.15) is 57.8 Å². The lowest BCUT2D eigenvalue weighted by Crippen LogP contribution is -2.29. The van der Waals surface area contributed by atoms with Gasteiger partial charge in [0.1, 0.15) is 0 Å². The van der Waals surface area contributed by atoms with Crippen molar-refractivity contribution in [1.29, 1.82) is 0 Å². The Morgan fingerprint density at radius 3 is 2.95 bits per heavy atom. The first-order valence-electron chi connectivity index (χ1n) is 7.83. The molecule has 0 spiro atoms. The lowest BCUT2D eigenvalue weighted by atomic mass is 9.83. The first kappa shape index (κ1) is 14.6. The maximum absolute atomic E-state index is 4.57. The van der Waals surface area contributed by atoms with E-state index in [4.69, 9.17) is 0 Å². The second-order valence-corrected chi connectivity index (χ2v) is 6.47. The number of rotatable bonds is 6. The zero-order valence-electron chi connectivity index (χ0n) is 13.0. The Balaban J connectivity index is 1.98. The summed E-state index contributed by atoms with van der Waals surface area (Å²) in [6.45, 7) is 11.1. The van der Waals surface area contributed by atoms with Gasteiger partial charge in [-0.1, -0.05) is 13.8 Å². The first-order valence-corrected chi connectivity index (χ1v) is 7.83. The molecule has 108 valence electrons. The van der Waals surface area contributed by atoms with Crippen LogP contribution in [0.3, 0.4) is 0 Å². The van der Waals surface area contributed by atoms with Gasteiger partial charge < -0.3 is 5.32 Å². The number of hydrogen-bond acceptors (Lipinski definition) is 2. The zero-order chi connectivity index (χ0) is 13.9. The monoisotopic (exact) mass is 263 g/mol. The third-order valence-corrected chi connectivity index (χ3v) is 4.41. The standard InChI is InChI=1S/C16H29N3/c1-5-9-17-14-7-8-16(4,11-14)12-15-10-13(3)18-19(15)6-2/h10,14,17H,5-9,11-12H2,1-4H3. The van der Waals surface area contributed by atoms with Gasteiger partial charge in [-0.2, -0.15) is 5.10 Å². The molecule has 1 aromatic heterocycles. The van der Waals surface area contributed by atoms with Gasteiger partial charge in [-0.15, -0.1) is 0 Å². The molecule has 0 aromatic carbocycles. The molecule has 3 nitrogen and oxygen atoms in total. The Kier molecular flexibility index (Phi) is 4.67. The summed E-state index contributed by atoms with van der Waals surface area (Å²) in [6.07, 6.45) is 6.38. The van der Waals surface area contributed by atoms with Crippen LogP contribution < -0.4 is 5.32 Å². The van der Waals surface area contributed by atoms with Crippen LogP contribution in [0.25, 0.3) is 0 Å². The number of aryl methyl sites for hydroxylation is 2. The zero-order valence-corrected chi connectivity index (χ0v) is 13.0. The number of nitrogens with zero attached hydrogens (tertiary/aromatic N) is 2. The molecule has 1 fully saturated rings. The molecule has 2 unspecified atom stereocenters. The highest BCUT2D eigenvalue weighted by Gasteiger charge is 2.35. The van der Waals surface area contributed by atoms with Crippen LogP contribution in [0, 0.1) is 12.3 Å². The summed E-state index contributed by atoms with van der Waals surface area (Å²) in [5, 5.41) is 8.26. The fourth-order valence-corrected chi connectivity index (χ4v) is 3.46. The van der Waals surface area contributed by atoms with E-state index in [9.17, 15) is 0 Å². The summed E-state index contributed by atoms with van der Waals surface area (Å²) >= 11 is 0. The quantitative estimate of drug-likeness (QED) is 0.853. The van der Waals surface area contributed by atoms with Crippen LogP contribution in [-0.4, -0.2) is 22.4 Å². The molecule has 1 saturated carbocycles. The van der Waals surface area contributed by atoms with E-state index < -0.39 is 0 Å². The molecular formula is C16H29N3. The minimum absolute atomic E-state index is 0.449. The largest absolute Gasteiger partial charge is 0.314 e. The topological polar surface area (TPSA) is 29.9 Å². The predicted molar refractivity (Wildman–Crippen MR) is 80.4 cm³/mol. The molecule has 2 atom stereocenters. The average molecular weight is 263 g/mol. The summed E-state index contributed by atoms with van der Waals surface area (Å²) in [5.41, 5.74) is 3.02. The highest BCUT2D eigenvalue weighted by Crippen LogP contribution is 2.40. The van der Waals surface area contributed by atoms with Crippen LogP contribution in [-0.2, 0) is 13.0 Å². The highest BCUT2D eigenvalue weighted by molar-refractivity contribution is 5.12. The van der Waals surface area contributed by atoms with Gasteiger partial charge in [0.2, 0.25) is 0 Å². The van der Waals surface area contributed by atoms with Crippen LogP contribution in [0.4, 0.5) is 0 Å². The van der Waals surface area contributed by atoms with Gasteiger partial charge in [0.05, 0.1) is 5.69 Å². The van der Waals surface area contributed by atoms with Crippen LogP contribution in [0.5, 0.6) is 0 Å². The number of aromatic nitrogens is 2. The van der Waals surface area contributed by atoms with E-state index in [1.54, 1.807) is 0 Å². The Labute approximate surface area is 117 Å². The minimum Gasteiger partial charge on any atom is -0.314 e. The maximum Gasteiger partial charge on any atom is 0.0596 e. The van der Waals surface area contributed by atoms with Crippen molar-refractivity contribution in [3.8, 4) is 0 Å². The number of nitrogens with one attached hydrogen (secondary N) is 1. The average Bonchev–Trinajstić information content (AvgIpc) is 2.90. The summed E-state index contributed by atoms with van der Waals surface area (Å²) in [6, 6.07) is 2.99. The maximum atomic E-state index is 4.57. The van der Waals surface area contributed by atoms with Crippen LogP contribution in [0.2, 0.25) is 0 Å². The summed E-state index contributed by atoms with van der Waals surface area (Å²) in [4.78, 5) is 0. The molecule has 0 aliphatic heterocycles. The van der Waals surface area contributed by atoms with Gasteiger partial charge in [0, 0.05) is 18.3 Å². The van der Waals surface area contributed by atoms with E-state index in [-0.39, 0.29) is 0 Å². The summed E-state index contributed by atoms with van der Waals surface area (Å²) in [5.74, 6) is 0. The Bertz CT molecular complexity index is 410. The lowest BCUT2D eigenvalue weighted by Gasteiger charge is -2.24. The Hall–Kier alpha value is -0.830. The first-order chi connectivity index (χ1) is 9.06. The minimum atomic E-state index is 0.449. The van der Waals surface area contributed by atoms with Crippen molar-refractivity contribution in [3.05, 3.63) is 17.5 Å². The molecule has 1 N–H and O–H groups in total. The molecule has 1 aliphatic rings. The van der Waals surface area contributed by atoms with E-state index in [1.807, 2.05) is 0 Å². The summed E-state index contributed by atoms with van der Waals surface area (Å²) < 4.78 is 2.17. The van der Waals surface area contributed by atoms with Crippen molar-refractivity contribution in [1.82, 2.24) is 15.1 Å². The second kappa shape index (κ2) is 6.08. The van der Waals surface area contributed by atoms with E-state index in [1.165, 1.54) is 37.8 Å². The third-order valence-electron chi connectivity index (χ3n) is 4.41. The molecule has 1 aliphatic carbocycles. The van der Waals surface area contributed by atoms with E-state index in [0.29, 0.717) is 5.41 Å². The van der Waals surface area contributed by atoms with Crippen LogP contribution in [0.15, 0.2) is 6.07 Å². The van der Waals surface area contributed by atoms with Gasteiger partial charge >= 0.3 is 0 Å². The molecule has 0 amide bonds. The van der Waals surface area contributed by atoms with Crippen molar-refractivity contribution >= 4 is 0 Å². The molecule has 3 heteroatoms. The highest BCUT2D eigenvalue weighted by atomic mass is 15.3. The second-order valence-electron chi connectivity index (χ2n) is 6.47. The van der Waals surface area contributed by atoms with E-state index in [0.717, 1.165) is 24.8 Å². The Morgan fingerprint density at radius 1 is 1.47 bits per heavy atom. The molecule has 1 aromatic rings. The van der Waals surface area contributed by atoms with Crippen molar-refractivity contribution in [2.45, 2.75) is 72.4 Å².